The SMILES string of the molecule is O=C(COC1CCNCC1)c1cc[nH]c1. The molecule has 1 fully saturated rings. The minimum atomic E-state index is 0.0507. The van der Waals surface area contributed by atoms with Gasteiger partial charge < -0.3 is 15.0 Å². The lowest BCUT2D eigenvalue weighted by molar-refractivity contribution is 0.0318. The van der Waals surface area contributed by atoms with Crippen LogP contribution in [-0.2, 0) is 4.74 Å². The van der Waals surface area contributed by atoms with Crippen molar-refractivity contribution in [3.05, 3.63) is 24.0 Å². The van der Waals surface area contributed by atoms with Gasteiger partial charge in [-0.1, -0.05) is 0 Å². The average molecular weight is 208 g/mol. The second-order valence-electron chi connectivity index (χ2n) is 3.78. The third-order valence-corrected chi connectivity index (χ3v) is 2.66. The fourth-order valence-electron chi connectivity index (χ4n) is 1.74. The smallest absolute Gasteiger partial charge is 0.189 e. The summed E-state index contributed by atoms with van der Waals surface area (Å²) in [6.45, 7) is 2.18. The van der Waals surface area contributed by atoms with Gasteiger partial charge in [-0.15, -0.1) is 0 Å². The predicted molar refractivity (Wildman–Crippen MR) is 57.0 cm³/mol. The van der Waals surface area contributed by atoms with E-state index in [9.17, 15) is 4.79 Å². The van der Waals surface area contributed by atoms with Crippen LogP contribution in [-0.4, -0.2) is 36.6 Å². The Kier molecular flexibility index (Phi) is 3.53. The number of hydrogen-bond acceptors (Lipinski definition) is 3. The number of rotatable bonds is 4. The molecule has 0 radical (unpaired) electrons. The van der Waals surface area contributed by atoms with Crippen LogP contribution in [0.2, 0.25) is 0 Å². The molecule has 0 unspecified atom stereocenters. The van der Waals surface area contributed by atoms with Gasteiger partial charge in [-0.25, -0.2) is 0 Å². The lowest BCUT2D eigenvalue weighted by Gasteiger charge is -2.22. The lowest BCUT2D eigenvalue weighted by atomic mass is 10.1. The first-order valence-electron chi connectivity index (χ1n) is 5.34. The Morgan fingerprint density at radius 2 is 2.27 bits per heavy atom. The third kappa shape index (κ3) is 2.91. The molecule has 0 amide bonds. The number of carbonyl (C=O) groups is 1. The first kappa shape index (κ1) is 10.4. The summed E-state index contributed by atoms with van der Waals surface area (Å²) in [5, 5.41) is 3.26. The molecule has 0 saturated carbocycles. The normalized spacial score (nSPS) is 17.9. The number of piperidine rings is 1. The van der Waals surface area contributed by atoms with Crippen LogP contribution in [0.15, 0.2) is 18.5 Å². The highest BCUT2D eigenvalue weighted by atomic mass is 16.5. The van der Waals surface area contributed by atoms with Crippen molar-refractivity contribution in [2.24, 2.45) is 0 Å². The Morgan fingerprint density at radius 1 is 1.47 bits per heavy atom. The Hall–Kier alpha value is -1.13. The first-order chi connectivity index (χ1) is 7.36. The third-order valence-electron chi connectivity index (χ3n) is 2.66. The number of carbonyl (C=O) groups excluding carboxylic acids is 1. The fourth-order valence-corrected chi connectivity index (χ4v) is 1.74. The number of aromatic amines is 1. The van der Waals surface area contributed by atoms with Gasteiger partial charge in [-0.2, -0.15) is 0 Å². The van der Waals surface area contributed by atoms with Crippen LogP contribution in [0.4, 0.5) is 0 Å². The standard InChI is InChI=1S/C11H16N2O2/c14-11(9-1-4-13-7-9)8-15-10-2-5-12-6-3-10/h1,4,7,10,12-13H,2-3,5-6,8H2. The Morgan fingerprint density at radius 3 is 2.93 bits per heavy atom. The molecule has 1 aromatic heterocycles. The number of aromatic nitrogens is 1. The molecule has 0 spiro atoms. The number of ketones is 1. The molecule has 1 aliphatic rings. The Labute approximate surface area is 89.0 Å². The minimum Gasteiger partial charge on any atom is -0.370 e. The summed E-state index contributed by atoms with van der Waals surface area (Å²) < 4.78 is 5.57. The maximum absolute atomic E-state index is 11.6. The van der Waals surface area contributed by atoms with Crippen molar-refractivity contribution in [2.45, 2.75) is 18.9 Å². The van der Waals surface area contributed by atoms with E-state index in [0.29, 0.717) is 5.56 Å². The molecule has 15 heavy (non-hydrogen) atoms. The lowest BCUT2D eigenvalue weighted by Crippen LogP contribution is -2.33. The average Bonchev–Trinajstić information content (AvgIpc) is 2.81. The van der Waals surface area contributed by atoms with Crippen LogP contribution in [0.5, 0.6) is 0 Å². The molecule has 2 N–H and O–H groups in total. The number of H-pyrrole nitrogens is 1. The van der Waals surface area contributed by atoms with E-state index in [1.54, 1.807) is 18.5 Å². The van der Waals surface area contributed by atoms with Gasteiger partial charge in [0.05, 0.1) is 6.10 Å². The van der Waals surface area contributed by atoms with Crippen molar-refractivity contribution < 1.29 is 9.53 Å². The van der Waals surface area contributed by atoms with Crippen molar-refractivity contribution in [3.63, 3.8) is 0 Å². The van der Waals surface area contributed by atoms with E-state index in [1.165, 1.54) is 0 Å². The van der Waals surface area contributed by atoms with E-state index in [4.69, 9.17) is 4.74 Å². The predicted octanol–water partition coefficient (Wildman–Crippen LogP) is 0.966. The van der Waals surface area contributed by atoms with Crippen LogP contribution < -0.4 is 5.32 Å². The maximum Gasteiger partial charge on any atom is 0.189 e. The van der Waals surface area contributed by atoms with Crippen molar-refractivity contribution in [3.8, 4) is 0 Å². The Bertz CT molecular complexity index is 302. The second-order valence-corrected chi connectivity index (χ2v) is 3.78. The minimum absolute atomic E-state index is 0.0507. The zero-order valence-corrected chi connectivity index (χ0v) is 8.66. The quantitative estimate of drug-likeness (QED) is 0.725. The van der Waals surface area contributed by atoms with E-state index in [2.05, 4.69) is 10.3 Å². The number of hydrogen-bond donors (Lipinski definition) is 2. The van der Waals surface area contributed by atoms with Gasteiger partial charge >= 0.3 is 0 Å². The summed E-state index contributed by atoms with van der Waals surface area (Å²) in [6, 6.07) is 1.77. The number of ether oxygens (including phenoxy) is 1. The fraction of sp³-hybridized carbons (Fsp3) is 0.545. The molecule has 0 aliphatic carbocycles. The number of nitrogens with one attached hydrogen (secondary N) is 2. The molecule has 82 valence electrons. The van der Waals surface area contributed by atoms with Crippen molar-refractivity contribution >= 4 is 5.78 Å². The van der Waals surface area contributed by atoms with E-state index < -0.39 is 0 Å². The van der Waals surface area contributed by atoms with E-state index in [-0.39, 0.29) is 18.5 Å². The monoisotopic (exact) mass is 208 g/mol. The summed E-state index contributed by atoms with van der Waals surface area (Å²) >= 11 is 0. The van der Waals surface area contributed by atoms with Gasteiger partial charge in [0.25, 0.3) is 0 Å². The van der Waals surface area contributed by atoms with Gasteiger partial charge in [0.15, 0.2) is 5.78 Å². The topological polar surface area (TPSA) is 54.1 Å². The van der Waals surface area contributed by atoms with Crippen molar-refractivity contribution in [1.82, 2.24) is 10.3 Å². The van der Waals surface area contributed by atoms with Gasteiger partial charge in [-0.05, 0) is 32.0 Å². The van der Waals surface area contributed by atoms with Gasteiger partial charge in [0.2, 0.25) is 0 Å². The molecule has 0 atom stereocenters. The highest BCUT2D eigenvalue weighted by Crippen LogP contribution is 2.08. The van der Waals surface area contributed by atoms with Crippen LogP contribution >= 0.6 is 0 Å². The highest BCUT2D eigenvalue weighted by molar-refractivity contribution is 5.96. The summed E-state index contributed by atoms with van der Waals surface area (Å²) in [5.41, 5.74) is 0.698. The highest BCUT2D eigenvalue weighted by Gasteiger charge is 2.15. The Balaban J connectivity index is 1.75. The molecule has 1 aliphatic heterocycles. The van der Waals surface area contributed by atoms with Crippen molar-refractivity contribution in [2.75, 3.05) is 19.7 Å². The van der Waals surface area contributed by atoms with Gasteiger partial charge in [0.1, 0.15) is 6.61 Å². The van der Waals surface area contributed by atoms with Crippen LogP contribution in [0, 0.1) is 0 Å². The maximum atomic E-state index is 11.6. The zero-order valence-electron chi connectivity index (χ0n) is 8.66. The van der Waals surface area contributed by atoms with Crippen LogP contribution in [0.25, 0.3) is 0 Å². The first-order valence-corrected chi connectivity index (χ1v) is 5.34. The van der Waals surface area contributed by atoms with E-state index in [1.807, 2.05) is 0 Å². The van der Waals surface area contributed by atoms with E-state index >= 15 is 0 Å². The molecular weight excluding hydrogens is 192 g/mol. The molecule has 0 bridgehead atoms. The van der Waals surface area contributed by atoms with Crippen LogP contribution in [0.1, 0.15) is 23.2 Å². The van der Waals surface area contributed by atoms with Gasteiger partial charge in [-0.3, -0.25) is 4.79 Å². The summed E-state index contributed by atoms with van der Waals surface area (Å²) in [5.74, 6) is 0.0507. The molecule has 2 heterocycles. The molecule has 0 aromatic carbocycles. The number of Topliss-reactive ketones (excluding diaryl/α,β-unsaturated/α-hetero) is 1. The van der Waals surface area contributed by atoms with Crippen molar-refractivity contribution in [1.29, 1.82) is 0 Å². The molecule has 1 saturated heterocycles. The molecule has 4 heteroatoms. The van der Waals surface area contributed by atoms with Gasteiger partial charge in [0, 0.05) is 18.0 Å². The van der Waals surface area contributed by atoms with E-state index in [0.717, 1.165) is 25.9 Å². The summed E-state index contributed by atoms with van der Waals surface area (Å²) in [7, 11) is 0. The zero-order chi connectivity index (χ0) is 10.5. The molecule has 2 rings (SSSR count). The molecular formula is C11H16N2O2. The summed E-state index contributed by atoms with van der Waals surface area (Å²) in [6.07, 6.45) is 5.70. The van der Waals surface area contributed by atoms with Crippen LogP contribution in [0.3, 0.4) is 0 Å². The summed E-state index contributed by atoms with van der Waals surface area (Å²) in [4.78, 5) is 14.5. The second kappa shape index (κ2) is 5.09. The largest absolute Gasteiger partial charge is 0.370 e. The molecule has 4 nitrogen and oxygen atoms in total. The molecule has 1 aromatic rings.